The summed E-state index contributed by atoms with van der Waals surface area (Å²) in [4.78, 5) is 36.3. The summed E-state index contributed by atoms with van der Waals surface area (Å²) >= 11 is 0. The summed E-state index contributed by atoms with van der Waals surface area (Å²) in [5, 5.41) is 5.86. The molecule has 3 aliphatic rings. The predicted octanol–water partition coefficient (Wildman–Crippen LogP) is 3.10. The Kier molecular flexibility index (Phi) is 8.36. The molecule has 0 bridgehead atoms. The fraction of sp³-hybridized carbons (Fsp3) is 0.438. The molecular weight excluding hydrogens is 500 g/mol. The molecule has 206 valence electrons. The molecular formula is C32H36N6O2. The van der Waals surface area contributed by atoms with Crippen molar-refractivity contribution in [2.24, 2.45) is 4.99 Å². The average molecular weight is 537 g/mol. The average Bonchev–Trinajstić information content (AvgIpc) is 3.77. The minimum atomic E-state index is -0.0712. The molecule has 5 rings (SSSR count). The number of H-pyrrole nitrogens is 1. The van der Waals surface area contributed by atoms with E-state index < -0.39 is 0 Å². The van der Waals surface area contributed by atoms with E-state index in [0.717, 1.165) is 48.3 Å². The van der Waals surface area contributed by atoms with Crippen LogP contribution in [0.2, 0.25) is 0 Å². The minimum Gasteiger partial charge on any atom is -0.375 e. The Morgan fingerprint density at radius 3 is 2.80 bits per heavy atom. The number of allylic oxidation sites excluding steroid dienone is 1. The van der Waals surface area contributed by atoms with E-state index in [1.54, 1.807) is 12.4 Å². The first-order valence-electron chi connectivity index (χ1n) is 14.1. The summed E-state index contributed by atoms with van der Waals surface area (Å²) in [7, 11) is 0. The number of rotatable bonds is 7. The lowest BCUT2D eigenvalue weighted by Gasteiger charge is -2.26. The van der Waals surface area contributed by atoms with Crippen LogP contribution in [-0.4, -0.2) is 59.6 Å². The first-order chi connectivity index (χ1) is 19.5. The number of fused-ring (bicyclic) bond motifs is 2. The molecule has 1 saturated carbocycles. The molecule has 40 heavy (non-hydrogen) atoms. The van der Waals surface area contributed by atoms with Gasteiger partial charge in [-0.15, -0.1) is 0 Å². The summed E-state index contributed by atoms with van der Waals surface area (Å²) in [6.45, 7) is 6.83. The lowest BCUT2D eigenvalue weighted by molar-refractivity contribution is -0.132. The van der Waals surface area contributed by atoms with E-state index in [1.807, 2.05) is 11.8 Å². The molecule has 2 heterocycles. The number of benzene rings is 1. The number of carbonyl (C=O) groups excluding carboxylic acids is 2. The highest BCUT2D eigenvalue weighted by molar-refractivity contribution is 5.80. The van der Waals surface area contributed by atoms with E-state index >= 15 is 0 Å². The van der Waals surface area contributed by atoms with Crippen molar-refractivity contribution in [1.82, 2.24) is 25.5 Å². The van der Waals surface area contributed by atoms with Crippen LogP contribution in [0, 0.1) is 30.6 Å². The maximum atomic E-state index is 12.5. The van der Waals surface area contributed by atoms with Crippen LogP contribution in [0.25, 0.3) is 0 Å². The van der Waals surface area contributed by atoms with E-state index in [4.69, 9.17) is 0 Å². The summed E-state index contributed by atoms with van der Waals surface area (Å²) in [5.41, 5.74) is 6.54. The second kappa shape index (κ2) is 12.3. The van der Waals surface area contributed by atoms with Crippen molar-refractivity contribution in [3.05, 3.63) is 64.0 Å². The maximum absolute atomic E-state index is 12.5. The van der Waals surface area contributed by atoms with Crippen LogP contribution in [0.15, 0.2) is 35.2 Å². The normalized spacial score (nSPS) is 18.9. The predicted molar refractivity (Wildman–Crippen MR) is 156 cm³/mol. The Morgan fingerprint density at radius 1 is 1.23 bits per heavy atom. The van der Waals surface area contributed by atoms with Crippen LogP contribution in [0.3, 0.4) is 0 Å². The van der Waals surface area contributed by atoms with Gasteiger partial charge in [-0.3, -0.25) is 14.6 Å². The number of likely N-dealkylation sites (tertiary alicyclic amines) is 1. The molecule has 1 atom stereocenters. The van der Waals surface area contributed by atoms with E-state index in [0.29, 0.717) is 25.2 Å². The van der Waals surface area contributed by atoms with Crippen LogP contribution < -0.4 is 10.6 Å². The topological polar surface area (TPSA) is 102 Å². The fourth-order valence-corrected chi connectivity index (χ4v) is 6.58. The lowest BCUT2D eigenvalue weighted by Crippen LogP contribution is -2.44. The highest BCUT2D eigenvalue weighted by Gasteiger charge is 2.43. The Bertz CT molecular complexity index is 1440. The van der Waals surface area contributed by atoms with Crippen molar-refractivity contribution in [2.45, 2.75) is 69.7 Å². The number of aliphatic imine (C=N–C) groups is 1. The SMILES string of the molecule is C=N/C=C(/C#Cc1ccc(C#Cc2cnc(C)[nH]2)c2c1C1(CCCC1)CC2)NCC1CCCN1C(=O)CNC=O. The molecule has 1 spiro atoms. The Labute approximate surface area is 236 Å². The molecule has 2 amide bonds. The maximum Gasteiger partial charge on any atom is 0.242 e. The number of nitrogens with zero attached hydrogens (tertiary/aromatic N) is 3. The number of imidazole rings is 1. The first kappa shape index (κ1) is 27.3. The van der Waals surface area contributed by atoms with Gasteiger partial charge in [-0.25, -0.2) is 4.98 Å². The highest BCUT2D eigenvalue weighted by atomic mass is 16.2. The van der Waals surface area contributed by atoms with Gasteiger partial charge >= 0.3 is 0 Å². The quantitative estimate of drug-likeness (QED) is 0.288. The van der Waals surface area contributed by atoms with Crippen LogP contribution in [0.1, 0.15) is 78.7 Å². The molecule has 1 unspecified atom stereocenters. The number of aromatic nitrogens is 2. The number of aryl methyl sites for hydroxylation is 1. The number of carbonyl (C=O) groups is 2. The van der Waals surface area contributed by atoms with Crippen molar-refractivity contribution in [1.29, 1.82) is 0 Å². The van der Waals surface area contributed by atoms with Gasteiger partial charge in [-0.1, -0.05) is 24.7 Å². The third-order valence-corrected chi connectivity index (χ3v) is 8.41. The standard InChI is InChI=1S/C32H36N6O2/c1-23-35-19-27(37-23)12-9-24-7-8-25(31-29(24)13-16-32(31)14-3-4-15-32)10-11-26(18-33-2)36-20-28-6-5-17-38(28)30(40)21-34-22-39/h7-8,18-19,22,28,36H,2-6,13-17,20-21H2,1H3,(H,34,39)(H,35,37)/b26-18-. The van der Waals surface area contributed by atoms with Gasteiger partial charge in [-0.2, -0.15) is 0 Å². The number of hydrogen-bond acceptors (Lipinski definition) is 5. The second-order valence-corrected chi connectivity index (χ2v) is 10.9. The zero-order chi connectivity index (χ0) is 28.0. The molecule has 8 nitrogen and oxygen atoms in total. The summed E-state index contributed by atoms with van der Waals surface area (Å²) < 4.78 is 0. The molecule has 0 radical (unpaired) electrons. The summed E-state index contributed by atoms with van der Waals surface area (Å²) in [6, 6.07) is 4.26. The highest BCUT2D eigenvalue weighted by Crippen LogP contribution is 2.52. The third kappa shape index (κ3) is 5.82. The van der Waals surface area contributed by atoms with Gasteiger partial charge in [0.05, 0.1) is 18.9 Å². The zero-order valence-corrected chi connectivity index (χ0v) is 23.1. The molecule has 2 aliphatic carbocycles. The van der Waals surface area contributed by atoms with Crippen molar-refractivity contribution in [3.63, 3.8) is 0 Å². The van der Waals surface area contributed by atoms with Gasteiger partial charge in [-0.05, 0) is 92.7 Å². The van der Waals surface area contributed by atoms with Crippen molar-refractivity contribution >= 4 is 19.0 Å². The van der Waals surface area contributed by atoms with Crippen LogP contribution in [-0.2, 0) is 21.4 Å². The van der Waals surface area contributed by atoms with Crippen molar-refractivity contribution in [2.75, 3.05) is 19.6 Å². The third-order valence-electron chi connectivity index (χ3n) is 8.41. The van der Waals surface area contributed by atoms with E-state index in [1.165, 1.54) is 36.8 Å². The van der Waals surface area contributed by atoms with Gasteiger partial charge in [0.1, 0.15) is 17.2 Å². The van der Waals surface area contributed by atoms with Gasteiger partial charge in [0.25, 0.3) is 0 Å². The molecule has 2 aromatic rings. The molecule has 1 aromatic carbocycles. The van der Waals surface area contributed by atoms with E-state index in [2.05, 4.69) is 68.1 Å². The molecule has 1 aliphatic heterocycles. The van der Waals surface area contributed by atoms with Crippen LogP contribution >= 0.6 is 0 Å². The van der Waals surface area contributed by atoms with Crippen LogP contribution in [0.5, 0.6) is 0 Å². The smallest absolute Gasteiger partial charge is 0.242 e. The first-order valence-corrected chi connectivity index (χ1v) is 14.1. The number of nitrogens with one attached hydrogen (secondary N) is 3. The lowest BCUT2D eigenvalue weighted by atomic mass is 9.77. The van der Waals surface area contributed by atoms with Gasteiger partial charge in [0.15, 0.2) is 0 Å². The minimum absolute atomic E-state index is 0.0193. The summed E-state index contributed by atoms with van der Waals surface area (Å²) in [5.74, 6) is 14.2. The summed E-state index contributed by atoms with van der Waals surface area (Å²) in [6.07, 6.45) is 12.9. The number of amides is 2. The van der Waals surface area contributed by atoms with Crippen molar-refractivity contribution < 1.29 is 9.59 Å². The van der Waals surface area contributed by atoms with Gasteiger partial charge in [0.2, 0.25) is 12.3 Å². The number of hydrogen-bond donors (Lipinski definition) is 3. The Hall–Kier alpha value is -4.30. The fourth-order valence-electron chi connectivity index (χ4n) is 6.58. The van der Waals surface area contributed by atoms with Gasteiger partial charge < -0.3 is 20.5 Å². The molecule has 1 saturated heterocycles. The van der Waals surface area contributed by atoms with E-state index in [-0.39, 0.29) is 23.9 Å². The molecule has 2 fully saturated rings. The molecule has 8 heteroatoms. The number of aromatic amines is 1. The Morgan fingerprint density at radius 2 is 2.05 bits per heavy atom. The van der Waals surface area contributed by atoms with Crippen molar-refractivity contribution in [3.8, 4) is 23.7 Å². The monoisotopic (exact) mass is 536 g/mol. The molecule has 3 N–H and O–H groups in total. The van der Waals surface area contributed by atoms with Gasteiger partial charge in [0, 0.05) is 30.3 Å². The Balaban J connectivity index is 1.39. The largest absolute Gasteiger partial charge is 0.375 e. The molecule has 1 aromatic heterocycles. The van der Waals surface area contributed by atoms with E-state index in [9.17, 15) is 9.59 Å². The van der Waals surface area contributed by atoms with Crippen LogP contribution in [0.4, 0.5) is 0 Å². The zero-order valence-electron chi connectivity index (χ0n) is 23.1. The second-order valence-electron chi connectivity index (χ2n) is 10.9.